The molecule has 3 nitrogen and oxygen atoms in total. The number of ether oxygens (including phenoxy) is 1. The van der Waals surface area contributed by atoms with E-state index in [0.29, 0.717) is 17.1 Å². The van der Waals surface area contributed by atoms with Crippen molar-refractivity contribution in [1.82, 2.24) is 4.98 Å². The highest BCUT2D eigenvalue weighted by Crippen LogP contribution is 2.33. The Balaban J connectivity index is 2.22. The van der Waals surface area contributed by atoms with Crippen molar-refractivity contribution in [2.24, 2.45) is 0 Å². The molecule has 1 saturated heterocycles. The first-order valence-electron chi connectivity index (χ1n) is 5.75. The third-order valence-electron chi connectivity index (χ3n) is 2.94. The Morgan fingerprint density at radius 3 is 2.94 bits per heavy atom. The zero-order valence-electron chi connectivity index (χ0n) is 9.95. The van der Waals surface area contributed by atoms with Crippen LogP contribution in [-0.2, 0) is 10.6 Å². The van der Waals surface area contributed by atoms with Crippen molar-refractivity contribution in [2.45, 2.75) is 38.3 Å². The van der Waals surface area contributed by atoms with Crippen molar-refractivity contribution < 1.29 is 4.74 Å². The summed E-state index contributed by atoms with van der Waals surface area (Å²) in [5, 5.41) is 1.50. The highest BCUT2D eigenvalue weighted by molar-refractivity contribution is 7.16. The third-order valence-corrected chi connectivity index (χ3v) is 4.89. The van der Waals surface area contributed by atoms with Crippen LogP contribution in [0.25, 0.3) is 0 Å². The molecule has 6 heteroatoms. The van der Waals surface area contributed by atoms with Gasteiger partial charge in [0.05, 0.1) is 29.5 Å². The lowest BCUT2D eigenvalue weighted by Gasteiger charge is -2.38. The van der Waals surface area contributed by atoms with E-state index in [1.165, 1.54) is 0 Å². The fourth-order valence-corrected chi connectivity index (χ4v) is 3.50. The van der Waals surface area contributed by atoms with E-state index >= 15 is 0 Å². The SMILES string of the molecule is CCC1COC(C)CN1c1nc(Cl)c(CCl)s1. The maximum Gasteiger partial charge on any atom is 0.187 e. The number of thiazole rings is 1. The summed E-state index contributed by atoms with van der Waals surface area (Å²) in [5.41, 5.74) is 0. The lowest BCUT2D eigenvalue weighted by molar-refractivity contribution is 0.0299. The molecule has 17 heavy (non-hydrogen) atoms. The van der Waals surface area contributed by atoms with Crippen LogP contribution in [0.2, 0.25) is 5.15 Å². The standard InChI is InChI=1S/C11H16Cl2N2OS/c1-3-8-6-16-7(2)5-15(8)11-14-10(13)9(4-12)17-11/h7-8H,3-6H2,1-2H3. The fraction of sp³-hybridized carbons (Fsp3) is 0.727. The van der Waals surface area contributed by atoms with E-state index in [9.17, 15) is 0 Å². The summed E-state index contributed by atoms with van der Waals surface area (Å²) in [6.45, 7) is 5.86. The molecule has 1 aromatic heterocycles. The van der Waals surface area contributed by atoms with Crippen molar-refractivity contribution in [1.29, 1.82) is 0 Å². The number of anilines is 1. The highest BCUT2D eigenvalue weighted by atomic mass is 35.5. The molecule has 0 amide bonds. The zero-order valence-corrected chi connectivity index (χ0v) is 12.3. The first-order valence-corrected chi connectivity index (χ1v) is 7.48. The first kappa shape index (κ1) is 13.4. The lowest BCUT2D eigenvalue weighted by atomic mass is 10.1. The van der Waals surface area contributed by atoms with Gasteiger partial charge in [0, 0.05) is 6.54 Å². The number of alkyl halides is 1. The second kappa shape index (κ2) is 5.74. The molecule has 2 atom stereocenters. The zero-order chi connectivity index (χ0) is 12.4. The molecule has 2 unspecified atom stereocenters. The smallest absolute Gasteiger partial charge is 0.187 e. The number of halogens is 2. The van der Waals surface area contributed by atoms with Gasteiger partial charge in [0.1, 0.15) is 5.15 Å². The highest BCUT2D eigenvalue weighted by Gasteiger charge is 2.28. The summed E-state index contributed by atoms with van der Waals surface area (Å²) in [4.78, 5) is 7.64. The van der Waals surface area contributed by atoms with Crippen LogP contribution in [0.1, 0.15) is 25.1 Å². The minimum Gasteiger partial charge on any atom is -0.375 e. The molecule has 96 valence electrons. The van der Waals surface area contributed by atoms with Crippen LogP contribution in [0.5, 0.6) is 0 Å². The van der Waals surface area contributed by atoms with Gasteiger partial charge in [-0.15, -0.1) is 11.6 Å². The molecule has 2 rings (SSSR count). The van der Waals surface area contributed by atoms with Gasteiger partial charge in [-0.1, -0.05) is 29.9 Å². The normalized spacial score (nSPS) is 25.3. The maximum absolute atomic E-state index is 6.05. The van der Waals surface area contributed by atoms with Crippen LogP contribution in [0.3, 0.4) is 0 Å². The van der Waals surface area contributed by atoms with Gasteiger partial charge in [0.15, 0.2) is 5.13 Å². The van der Waals surface area contributed by atoms with Gasteiger partial charge < -0.3 is 9.64 Å². The molecule has 1 aromatic rings. The quantitative estimate of drug-likeness (QED) is 0.798. The molecule has 2 heterocycles. The Morgan fingerprint density at radius 1 is 1.59 bits per heavy atom. The Kier molecular flexibility index (Phi) is 4.53. The number of hydrogen-bond donors (Lipinski definition) is 0. The van der Waals surface area contributed by atoms with Crippen LogP contribution in [-0.4, -0.2) is 30.3 Å². The minimum absolute atomic E-state index is 0.236. The van der Waals surface area contributed by atoms with Crippen LogP contribution in [0, 0.1) is 0 Å². The second-order valence-electron chi connectivity index (χ2n) is 4.20. The first-order chi connectivity index (χ1) is 8.15. The van der Waals surface area contributed by atoms with Crippen molar-refractivity contribution in [3.8, 4) is 0 Å². The summed E-state index contributed by atoms with van der Waals surface area (Å²) >= 11 is 13.5. The average Bonchev–Trinajstić information content (AvgIpc) is 2.70. The van der Waals surface area contributed by atoms with Gasteiger partial charge in [-0.2, -0.15) is 0 Å². The van der Waals surface area contributed by atoms with Crippen molar-refractivity contribution in [3.05, 3.63) is 10.0 Å². The van der Waals surface area contributed by atoms with Gasteiger partial charge in [0.25, 0.3) is 0 Å². The number of morpholine rings is 1. The minimum atomic E-state index is 0.236. The second-order valence-corrected chi connectivity index (χ2v) is 5.89. The molecular weight excluding hydrogens is 279 g/mol. The predicted molar refractivity (Wildman–Crippen MR) is 73.5 cm³/mol. The maximum atomic E-state index is 6.05. The number of hydrogen-bond acceptors (Lipinski definition) is 4. The van der Waals surface area contributed by atoms with Crippen LogP contribution in [0.15, 0.2) is 0 Å². The Hall–Kier alpha value is -0.0300. The van der Waals surface area contributed by atoms with Gasteiger partial charge in [-0.3, -0.25) is 0 Å². The molecular formula is C11H16Cl2N2OS. The summed E-state index contributed by atoms with van der Waals surface area (Å²) in [6.07, 6.45) is 1.28. The molecule has 1 fully saturated rings. The van der Waals surface area contributed by atoms with Gasteiger partial charge in [0.2, 0.25) is 0 Å². The Labute approximate surface area is 116 Å². The average molecular weight is 295 g/mol. The van der Waals surface area contributed by atoms with Gasteiger partial charge >= 0.3 is 0 Å². The number of rotatable bonds is 3. The van der Waals surface area contributed by atoms with Crippen LogP contribution < -0.4 is 4.90 Å². The summed E-state index contributed by atoms with van der Waals surface area (Å²) in [5.74, 6) is 0.424. The van der Waals surface area contributed by atoms with Crippen molar-refractivity contribution >= 4 is 39.7 Å². The lowest BCUT2D eigenvalue weighted by Crippen LogP contribution is -2.48. The fourth-order valence-electron chi connectivity index (χ4n) is 1.94. The molecule has 1 aliphatic rings. The Morgan fingerprint density at radius 2 is 2.35 bits per heavy atom. The molecule has 0 bridgehead atoms. The Bertz CT molecular complexity index is 386. The summed E-state index contributed by atoms with van der Waals surface area (Å²) < 4.78 is 5.67. The third kappa shape index (κ3) is 2.87. The molecule has 0 aromatic carbocycles. The molecule has 0 spiro atoms. The van der Waals surface area contributed by atoms with Crippen molar-refractivity contribution in [3.63, 3.8) is 0 Å². The van der Waals surface area contributed by atoms with Gasteiger partial charge in [-0.05, 0) is 13.3 Å². The van der Waals surface area contributed by atoms with E-state index in [4.69, 9.17) is 27.9 Å². The summed E-state index contributed by atoms with van der Waals surface area (Å²) in [6, 6.07) is 0.386. The monoisotopic (exact) mass is 294 g/mol. The van der Waals surface area contributed by atoms with Gasteiger partial charge in [-0.25, -0.2) is 4.98 Å². The number of nitrogens with zero attached hydrogens (tertiary/aromatic N) is 2. The van der Waals surface area contributed by atoms with E-state index in [0.717, 1.165) is 29.6 Å². The van der Waals surface area contributed by atoms with E-state index < -0.39 is 0 Å². The molecule has 1 aliphatic heterocycles. The van der Waals surface area contributed by atoms with Crippen LogP contribution >= 0.6 is 34.5 Å². The largest absolute Gasteiger partial charge is 0.375 e. The van der Waals surface area contributed by atoms with E-state index in [1.807, 2.05) is 0 Å². The molecule has 0 saturated carbocycles. The van der Waals surface area contributed by atoms with E-state index in [-0.39, 0.29) is 6.10 Å². The van der Waals surface area contributed by atoms with Crippen LogP contribution in [0.4, 0.5) is 5.13 Å². The predicted octanol–water partition coefficient (Wildman–Crippen LogP) is 3.54. The van der Waals surface area contributed by atoms with E-state index in [1.54, 1.807) is 11.3 Å². The molecule has 0 radical (unpaired) electrons. The molecule has 0 aliphatic carbocycles. The van der Waals surface area contributed by atoms with E-state index in [2.05, 4.69) is 23.7 Å². The molecule has 0 N–H and O–H groups in total. The summed E-state index contributed by atoms with van der Waals surface area (Å²) in [7, 11) is 0. The van der Waals surface area contributed by atoms with Crippen molar-refractivity contribution in [2.75, 3.05) is 18.1 Å². The number of aromatic nitrogens is 1. The topological polar surface area (TPSA) is 25.4 Å².